The van der Waals surface area contributed by atoms with Crippen LogP contribution in [-0.4, -0.2) is 41.4 Å². The lowest BCUT2D eigenvalue weighted by atomic mass is 10.2. The van der Waals surface area contributed by atoms with Crippen molar-refractivity contribution in [2.24, 2.45) is 0 Å². The van der Waals surface area contributed by atoms with Gasteiger partial charge in [-0.15, -0.1) is 0 Å². The minimum Gasteiger partial charge on any atom is -0.465 e. The summed E-state index contributed by atoms with van der Waals surface area (Å²) in [5.74, 6) is -0.903. The lowest BCUT2D eigenvalue weighted by molar-refractivity contribution is 0.0600. The van der Waals surface area contributed by atoms with Crippen molar-refractivity contribution in [3.63, 3.8) is 0 Å². The van der Waals surface area contributed by atoms with Gasteiger partial charge in [0.1, 0.15) is 0 Å². The highest BCUT2D eigenvalue weighted by Crippen LogP contribution is 2.19. The molecule has 2 N–H and O–H groups in total. The molecule has 0 saturated heterocycles. The SMILES string of the molecule is COC(=O)c1cc(S(C)(=O)=O)cc(S(=O)(=O)NO)c1. The Hall–Kier alpha value is -1.49. The highest BCUT2D eigenvalue weighted by molar-refractivity contribution is 7.91. The summed E-state index contributed by atoms with van der Waals surface area (Å²) in [6, 6.07) is 2.69. The molecule has 0 radical (unpaired) electrons. The number of ether oxygens (including phenoxy) is 1. The number of methoxy groups -OCH3 is 1. The smallest absolute Gasteiger partial charge is 0.337 e. The van der Waals surface area contributed by atoms with Gasteiger partial charge in [-0.1, -0.05) is 4.89 Å². The van der Waals surface area contributed by atoms with E-state index in [0.29, 0.717) is 0 Å². The molecule has 106 valence electrons. The van der Waals surface area contributed by atoms with Crippen molar-refractivity contribution in [3.8, 4) is 0 Å². The van der Waals surface area contributed by atoms with Crippen LogP contribution >= 0.6 is 0 Å². The minimum absolute atomic E-state index is 0.265. The van der Waals surface area contributed by atoms with E-state index in [2.05, 4.69) is 4.74 Å². The van der Waals surface area contributed by atoms with Crippen molar-refractivity contribution in [2.45, 2.75) is 9.79 Å². The van der Waals surface area contributed by atoms with Gasteiger partial charge in [0, 0.05) is 6.26 Å². The van der Waals surface area contributed by atoms with Gasteiger partial charge in [-0.25, -0.2) is 21.6 Å². The Bertz CT molecular complexity index is 706. The van der Waals surface area contributed by atoms with Gasteiger partial charge in [0.05, 0.1) is 22.5 Å². The van der Waals surface area contributed by atoms with Crippen molar-refractivity contribution in [1.82, 2.24) is 4.89 Å². The molecule has 0 aliphatic rings. The van der Waals surface area contributed by atoms with Crippen LogP contribution in [0.15, 0.2) is 28.0 Å². The van der Waals surface area contributed by atoms with Gasteiger partial charge in [0.2, 0.25) is 0 Å². The number of carbonyl (C=O) groups is 1. The molecule has 1 rings (SSSR count). The maximum atomic E-state index is 11.4. The number of esters is 1. The summed E-state index contributed by atoms with van der Waals surface area (Å²) in [7, 11) is -6.99. The summed E-state index contributed by atoms with van der Waals surface area (Å²) in [6.45, 7) is 0. The second kappa shape index (κ2) is 5.25. The van der Waals surface area contributed by atoms with Gasteiger partial charge in [-0.3, -0.25) is 0 Å². The van der Waals surface area contributed by atoms with E-state index in [9.17, 15) is 21.6 Å². The molecule has 19 heavy (non-hydrogen) atoms. The zero-order valence-electron chi connectivity index (χ0n) is 9.95. The first kappa shape index (κ1) is 15.6. The Balaban J connectivity index is 3.64. The van der Waals surface area contributed by atoms with Crippen LogP contribution in [0.2, 0.25) is 0 Å². The third-order valence-corrected chi connectivity index (χ3v) is 4.35. The monoisotopic (exact) mass is 309 g/mol. The average molecular weight is 309 g/mol. The molecule has 0 aliphatic heterocycles. The van der Waals surface area contributed by atoms with Crippen LogP contribution in [0.25, 0.3) is 0 Å². The Morgan fingerprint density at radius 3 is 2.11 bits per heavy atom. The van der Waals surface area contributed by atoms with Crippen LogP contribution in [0.5, 0.6) is 0 Å². The molecule has 0 saturated carbocycles. The first-order valence-electron chi connectivity index (χ1n) is 4.71. The molecule has 0 fully saturated rings. The fourth-order valence-corrected chi connectivity index (χ4v) is 2.66. The summed E-state index contributed by atoms with van der Waals surface area (Å²) in [4.78, 5) is 11.5. The molecule has 0 bridgehead atoms. The van der Waals surface area contributed by atoms with Gasteiger partial charge in [0.15, 0.2) is 9.84 Å². The highest BCUT2D eigenvalue weighted by Gasteiger charge is 2.20. The van der Waals surface area contributed by atoms with E-state index in [-0.39, 0.29) is 10.5 Å². The fourth-order valence-electron chi connectivity index (χ4n) is 1.23. The van der Waals surface area contributed by atoms with Crippen molar-refractivity contribution in [2.75, 3.05) is 13.4 Å². The topological polar surface area (TPSA) is 127 Å². The third kappa shape index (κ3) is 3.50. The molecule has 0 heterocycles. The molecule has 0 aromatic heterocycles. The molecule has 0 spiro atoms. The van der Waals surface area contributed by atoms with Crippen molar-refractivity contribution < 1.29 is 31.6 Å². The van der Waals surface area contributed by atoms with E-state index in [1.54, 1.807) is 0 Å². The third-order valence-electron chi connectivity index (χ3n) is 2.16. The van der Waals surface area contributed by atoms with Gasteiger partial charge in [-0.2, -0.15) is 0 Å². The largest absolute Gasteiger partial charge is 0.465 e. The average Bonchev–Trinajstić information content (AvgIpc) is 2.36. The Morgan fingerprint density at radius 2 is 1.68 bits per heavy atom. The number of hydrogen-bond acceptors (Lipinski definition) is 7. The molecule has 0 aliphatic carbocycles. The zero-order chi connectivity index (χ0) is 14.8. The first-order valence-corrected chi connectivity index (χ1v) is 8.08. The maximum Gasteiger partial charge on any atom is 0.337 e. The number of sulfonamides is 1. The quantitative estimate of drug-likeness (QED) is 0.569. The minimum atomic E-state index is -4.31. The van der Waals surface area contributed by atoms with Crippen molar-refractivity contribution in [3.05, 3.63) is 23.8 Å². The van der Waals surface area contributed by atoms with Crippen molar-refractivity contribution >= 4 is 25.8 Å². The van der Waals surface area contributed by atoms with Crippen LogP contribution < -0.4 is 4.89 Å². The number of rotatable bonds is 4. The van der Waals surface area contributed by atoms with Crippen LogP contribution in [0, 0.1) is 0 Å². The van der Waals surface area contributed by atoms with Gasteiger partial charge >= 0.3 is 5.97 Å². The van der Waals surface area contributed by atoms with Crippen LogP contribution in [0.3, 0.4) is 0 Å². The summed E-state index contributed by atoms with van der Waals surface area (Å²) < 4.78 is 50.1. The molecule has 0 unspecified atom stereocenters. The second-order valence-corrected chi connectivity index (χ2v) is 7.23. The molecule has 10 heteroatoms. The molecule has 0 atom stereocenters. The number of sulfone groups is 1. The normalized spacial score (nSPS) is 12.2. The molecular weight excluding hydrogens is 298 g/mol. The standard InChI is InChI=1S/C9H11NO7S2/c1-17-9(11)6-3-7(18(2,13)14)5-8(4-6)19(15,16)10-12/h3-5,10,12H,1-2H3. The molecule has 1 aromatic carbocycles. The zero-order valence-corrected chi connectivity index (χ0v) is 11.6. The first-order chi connectivity index (χ1) is 8.61. The predicted octanol–water partition coefficient (Wildman–Crippen LogP) is -0.456. The Kier molecular flexibility index (Phi) is 4.30. The van der Waals surface area contributed by atoms with Gasteiger partial charge in [-0.05, 0) is 18.2 Å². The summed E-state index contributed by atoms with van der Waals surface area (Å²) >= 11 is 0. The predicted molar refractivity (Wildman–Crippen MR) is 63.0 cm³/mol. The lowest BCUT2D eigenvalue weighted by Crippen LogP contribution is -2.20. The molecular formula is C9H11NO7S2. The van der Waals surface area contributed by atoms with E-state index in [1.807, 2.05) is 0 Å². The van der Waals surface area contributed by atoms with Crippen LogP contribution in [-0.2, 0) is 24.6 Å². The number of hydrogen-bond donors (Lipinski definition) is 2. The van der Waals surface area contributed by atoms with E-state index in [0.717, 1.165) is 36.5 Å². The van der Waals surface area contributed by atoms with E-state index in [1.165, 1.54) is 0 Å². The Morgan fingerprint density at radius 1 is 1.16 bits per heavy atom. The van der Waals surface area contributed by atoms with E-state index in [4.69, 9.17) is 5.21 Å². The Labute approximate surface area is 109 Å². The summed E-state index contributed by atoms with van der Waals surface area (Å²) in [5, 5.41) is 8.52. The summed E-state index contributed by atoms with van der Waals surface area (Å²) in [6.07, 6.45) is 0.853. The van der Waals surface area contributed by atoms with Crippen LogP contribution in [0.4, 0.5) is 0 Å². The highest BCUT2D eigenvalue weighted by atomic mass is 32.2. The fraction of sp³-hybridized carbons (Fsp3) is 0.222. The van der Waals surface area contributed by atoms with Crippen molar-refractivity contribution in [1.29, 1.82) is 0 Å². The number of benzene rings is 1. The van der Waals surface area contributed by atoms with Gasteiger partial charge < -0.3 is 9.94 Å². The maximum absolute atomic E-state index is 11.4. The molecule has 1 aromatic rings. The number of nitrogens with one attached hydrogen (secondary N) is 1. The lowest BCUT2D eigenvalue weighted by Gasteiger charge is -2.07. The van der Waals surface area contributed by atoms with Crippen LogP contribution in [0.1, 0.15) is 10.4 Å². The summed E-state index contributed by atoms with van der Waals surface area (Å²) in [5.41, 5.74) is -0.265. The molecule has 8 nitrogen and oxygen atoms in total. The molecule has 0 amide bonds. The van der Waals surface area contributed by atoms with E-state index >= 15 is 0 Å². The van der Waals surface area contributed by atoms with E-state index < -0.39 is 30.7 Å². The second-order valence-electron chi connectivity index (χ2n) is 3.55. The van der Waals surface area contributed by atoms with Gasteiger partial charge in [0.25, 0.3) is 10.0 Å². The number of carbonyl (C=O) groups excluding carboxylic acids is 1.